The minimum atomic E-state index is -0.775. The lowest BCUT2D eigenvalue weighted by Crippen LogP contribution is -2.53. The average Bonchev–Trinajstić information content (AvgIpc) is 2.57. The van der Waals surface area contributed by atoms with Gasteiger partial charge in [-0.05, 0) is 18.6 Å². The van der Waals surface area contributed by atoms with E-state index in [-0.39, 0.29) is 5.56 Å². The van der Waals surface area contributed by atoms with Crippen molar-refractivity contribution in [2.24, 2.45) is 0 Å². The fourth-order valence-electron chi connectivity index (χ4n) is 2.96. The Bertz CT molecular complexity index is 574. The van der Waals surface area contributed by atoms with Gasteiger partial charge in [0.2, 0.25) is 0 Å². The largest absolute Gasteiger partial charge is 0.480 e. The van der Waals surface area contributed by atoms with E-state index in [1.54, 1.807) is 12.1 Å². The summed E-state index contributed by atoms with van der Waals surface area (Å²) in [5.41, 5.74) is 0.0505. The number of piperazine rings is 1. The van der Waals surface area contributed by atoms with Gasteiger partial charge in [-0.1, -0.05) is 19.1 Å². The molecule has 0 radical (unpaired) electrons. The van der Waals surface area contributed by atoms with Crippen LogP contribution in [0.25, 0.3) is 0 Å². The van der Waals surface area contributed by atoms with Crippen LogP contribution < -0.4 is 5.32 Å². The van der Waals surface area contributed by atoms with E-state index < -0.39 is 23.7 Å². The molecule has 1 heterocycles. The van der Waals surface area contributed by atoms with Crippen molar-refractivity contribution in [2.45, 2.75) is 19.4 Å². The SMILES string of the molecule is CCC(C(=O)O)N1CCN(CCNC(=O)c2ccccc2F)CC1. The van der Waals surface area contributed by atoms with Crippen LogP contribution in [0.4, 0.5) is 4.39 Å². The Balaban J connectivity index is 1.72. The van der Waals surface area contributed by atoms with Crippen LogP contribution in [0.5, 0.6) is 0 Å². The first kappa shape index (κ1) is 18.4. The summed E-state index contributed by atoms with van der Waals surface area (Å²) in [6.45, 7) is 5.90. The maximum Gasteiger partial charge on any atom is 0.320 e. The van der Waals surface area contributed by atoms with E-state index in [1.165, 1.54) is 12.1 Å². The Morgan fingerprint density at radius 1 is 1.25 bits per heavy atom. The third-order valence-corrected chi connectivity index (χ3v) is 4.35. The Hall–Kier alpha value is -1.99. The number of carbonyl (C=O) groups is 2. The number of rotatable bonds is 7. The summed E-state index contributed by atoms with van der Waals surface area (Å²) < 4.78 is 13.5. The van der Waals surface area contributed by atoms with Crippen molar-refractivity contribution < 1.29 is 19.1 Å². The first-order valence-corrected chi connectivity index (χ1v) is 8.25. The van der Waals surface area contributed by atoms with Crippen molar-refractivity contribution in [1.82, 2.24) is 15.1 Å². The molecule has 7 heteroatoms. The molecule has 1 saturated heterocycles. The molecule has 1 unspecified atom stereocenters. The van der Waals surface area contributed by atoms with Gasteiger partial charge in [-0.15, -0.1) is 0 Å². The smallest absolute Gasteiger partial charge is 0.320 e. The lowest BCUT2D eigenvalue weighted by Gasteiger charge is -2.37. The van der Waals surface area contributed by atoms with Crippen molar-refractivity contribution in [1.29, 1.82) is 0 Å². The lowest BCUT2D eigenvalue weighted by atomic mass is 10.1. The summed E-state index contributed by atoms with van der Waals surface area (Å²) in [6.07, 6.45) is 0.591. The highest BCUT2D eigenvalue weighted by atomic mass is 19.1. The van der Waals surface area contributed by atoms with E-state index >= 15 is 0 Å². The molecule has 2 rings (SSSR count). The fraction of sp³-hybridized carbons (Fsp3) is 0.529. The van der Waals surface area contributed by atoms with Gasteiger partial charge in [-0.25, -0.2) is 4.39 Å². The van der Waals surface area contributed by atoms with Gasteiger partial charge in [0, 0.05) is 39.3 Å². The number of benzene rings is 1. The Kier molecular flexibility index (Phi) is 6.69. The molecule has 1 aromatic rings. The number of hydrogen-bond acceptors (Lipinski definition) is 4. The average molecular weight is 337 g/mol. The van der Waals surface area contributed by atoms with E-state index in [2.05, 4.69) is 10.2 Å². The summed E-state index contributed by atoms with van der Waals surface area (Å²) in [6, 6.07) is 5.48. The number of halogens is 1. The van der Waals surface area contributed by atoms with Crippen molar-refractivity contribution in [3.63, 3.8) is 0 Å². The van der Waals surface area contributed by atoms with Crippen molar-refractivity contribution in [3.05, 3.63) is 35.6 Å². The zero-order chi connectivity index (χ0) is 17.5. The van der Waals surface area contributed by atoms with E-state index in [1.807, 2.05) is 11.8 Å². The van der Waals surface area contributed by atoms with Crippen LogP contribution in [0.15, 0.2) is 24.3 Å². The van der Waals surface area contributed by atoms with Crippen LogP contribution >= 0.6 is 0 Å². The third kappa shape index (κ3) is 4.75. The maximum absolute atomic E-state index is 13.5. The highest BCUT2D eigenvalue weighted by Gasteiger charge is 2.27. The Morgan fingerprint density at radius 2 is 1.92 bits per heavy atom. The lowest BCUT2D eigenvalue weighted by molar-refractivity contribution is -0.144. The maximum atomic E-state index is 13.5. The minimum absolute atomic E-state index is 0.0505. The van der Waals surface area contributed by atoms with Crippen molar-refractivity contribution in [3.8, 4) is 0 Å². The topological polar surface area (TPSA) is 72.9 Å². The molecular formula is C17H24FN3O3. The highest BCUT2D eigenvalue weighted by molar-refractivity contribution is 5.94. The third-order valence-electron chi connectivity index (χ3n) is 4.35. The van der Waals surface area contributed by atoms with Crippen LogP contribution in [-0.2, 0) is 4.79 Å². The second-order valence-corrected chi connectivity index (χ2v) is 5.88. The molecule has 1 amide bonds. The number of carboxylic acid groups (broad SMARTS) is 1. The van der Waals surface area contributed by atoms with Gasteiger partial charge >= 0.3 is 5.97 Å². The number of nitrogens with zero attached hydrogens (tertiary/aromatic N) is 2. The predicted octanol–water partition coefficient (Wildman–Crippen LogP) is 1.04. The minimum Gasteiger partial charge on any atom is -0.480 e. The number of carbonyl (C=O) groups excluding carboxylic acids is 1. The summed E-state index contributed by atoms with van der Waals surface area (Å²) in [4.78, 5) is 27.3. The van der Waals surface area contributed by atoms with Crippen LogP contribution in [0.2, 0.25) is 0 Å². The monoisotopic (exact) mass is 337 g/mol. The van der Waals surface area contributed by atoms with Gasteiger partial charge in [-0.2, -0.15) is 0 Å². The molecule has 1 atom stereocenters. The zero-order valence-electron chi connectivity index (χ0n) is 13.9. The Morgan fingerprint density at radius 3 is 2.50 bits per heavy atom. The number of amides is 1. The molecule has 1 aromatic carbocycles. The van der Waals surface area contributed by atoms with Gasteiger partial charge in [-0.3, -0.25) is 19.4 Å². The summed E-state index contributed by atoms with van der Waals surface area (Å²) in [7, 11) is 0. The molecule has 1 aliphatic rings. The number of aliphatic carboxylic acids is 1. The second-order valence-electron chi connectivity index (χ2n) is 5.88. The highest BCUT2D eigenvalue weighted by Crippen LogP contribution is 2.09. The number of carboxylic acids is 1. The quantitative estimate of drug-likeness (QED) is 0.778. The van der Waals surface area contributed by atoms with Gasteiger partial charge in [0.1, 0.15) is 11.9 Å². The summed E-state index contributed by atoms with van der Waals surface area (Å²) in [5.74, 6) is -1.71. The molecule has 0 spiro atoms. The molecule has 6 nitrogen and oxygen atoms in total. The molecule has 0 aromatic heterocycles. The van der Waals surface area contributed by atoms with Crippen LogP contribution in [0.3, 0.4) is 0 Å². The number of hydrogen-bond donors (Lipinski definition) is 2. The van der Waals surface area contributed by atoms with Crippen LogP contribution in [0, 0.1) is 5.82 Å². The van der Waals surface area contributed by atoms with Gasteiger partial charge < -0.3 is 10.4 Å². The summed E-state index contributed by atoms with van der Waals surface area (Å²) in [5, 5.41) is 11.9. The van der Waals surface area contributed by atoms with Crippen molar-refractivity contribution in [2.75, 3.05) is 39.3 Å². The van der Waals surface area contributed by atoms with Crippen molar-refractivity contribution >= 4 is 11.9 Å². The molecule has 132 valence electrons. The van der Waals surface area contributed by atoms with E-state index in [9.17, 15) is 19.1 Å². The molecule has 24 heavy (non-hydrogen) atoms. The second kappa shape index (κ2) is 8.75. The molecule has 0 aliphatic carbocycles. The number of nitrogens with one attached hydrogen (secondary N) is 1. The molecule has 1 aliphatic heterocycles. The summed E-state index contributed by atoms with van der Waals surface area (Å²) >= 11 is 0. The molecule has 0 bridgehead atoms. The van der Waals surface area contributed by atoms with Gasteiger partial charge in [0.25, 0.3) is 5.91 Å². The van der Waals surface area contributed by atoms with Crippen LogP contribution in [-0.4, -0.2) is 72.1 Å². The molecular weight excluding hydrogens is 313 g/mol. The van der Waals surface area contributed by atoms with E-state index in [0.29, 0.717) is 32.6 Å². The van der Waals surface area contributed by atoms with Gasteiger partial charge in [0.15, 0.2) is 0 Å². The zero-order valence-corrected chi connectivity index (χ0v) is 13.9. The molecule has 2 N–H and O–H groups in total. The predicted molar refractivity (Wildman–Crippen MR) is 88.5 cm³/mol. The first-order chi connectivity index (χ1) is 11.5. The van der Waals surface area contributed by atoms with Crippen LogP contribution in [0.1, 0.15) is 23.7 Å². The van der Waals surface area contributed by atoms with E-state index in [4.69, 9.17) is 0 Å². The normalized spacial score (nSPS) is 17.4. The first-order valence-electron chi connectivity index (χ1n) is 8.25. The molecule has 0 saturated carbocycles. The Labute approximate surface area is 141 Å². The molecule has 1 fully saturated rings. The fourth-order valence-corrected chi connectivity index (χ4v) is 2.96. The van der Waals surface area contributed by atoms with Gasteiger partial charge in [0.05, 0.1) is 5.56 Å². The van der Waals surface area contributed by atoms with E-state index in [0.717, 1.165) is 13.1 Å². The standard InChI is InChI=1S/C17H24FN3O3/c1-2-15(17(23)24)21-11-9-20(10-12-21)8-7-19-16(22)13-5-3-4-6-14(13)18/h3-6,15H,2,7-12H2,1H3,(H,19,22)(H,23,24).